The zero-order valence-electron chi connectivity index (χ0n) is 15.2. The summed E-state index contributed by atoms with van der Waals surface area (Å²) in [6, 6.07) is 5.61. The molecule has 138 valence electrons. The maximum atomic E-state index is 13.1. The standard InChI is InChI=1S/C19H25N5O2/c1-2-21-11-13-23(14-12-21)19(26)17-20-16(15-7-3-4-10-24(15)17)18(25)22-8-5-6-9-22/h3-4,7,10H,2,5-6,8-9,11-14H2,1H3. The number of aromatic nitrogens is 2. The second kappa shape index (κ2) is 7.07. The predicted molar refractivity (Wildman–Crippen MR) is 98.3 cm³/mol. The molecule has 7 heteroatoms. The summed E-state index contributed by atoms with van der Waals surface area (Å²) in [6.45, 7) is 7.84. The van der Waals surface area contributed by atoms with Gasteiger partial charge in [0.25, 0.3) is 11.8 Å². The molecule has 0 spiro atoms. The fraction of sp³-hybridized carbons (Fsp3) is 0.526. The van der Waals surface area contributed by atoms with Crippen LogP contribution in [0.4, 0.5) is 0 Å². The molecule has 26 heavy (non-hydrogen) atoms. The molecule has 4 rings (SSSR count). The number of piperazine rings is 1. The molecule has 4 heterocycles. The molecule has 2 aliphatic rings. The number of rotatable bonds is 3. The molecule has 0 aromatic carbocycles. The predicted octanol–water partition coefficient (Wildman–Crippen LogP) is 1.35. The summed E-state index contributed by atoms with van der Waals surface area (Å²) in [5.74, 6) is 0.177. The third-order valence-electron chi connectivity index (χ3n) is 5.44. The van der Waals surface area contributed by atoms with Crippen LogP contribution in [0.15, 0.2) is 24.4 Å². The van der Waals surface area contributed by atoms with Crippen LogP contribution in [0.5, 0.6) is 0 Å². The Hall–Kier alpha value is -2.41. The molecule has 0 radical (unpaired) electrons. The van der Waals surface area contributed by atoms with Crippen molar-refractivity contribution in [1.29, 1.82) is 0 Å². The summed E-state index contributed by atoms with van der Waals surface area (Å²) in [5, 5.41) is 0. The number of carbonyl (C=O) groups excluding carboxylic acids is 2. The van der Waals surface area contributed by atoms with Crippen LogP contribution in [-0.4, -0.2) is 81.7 Å². The Morgan fingerprint density at radius 3 is 2.35 bits per heavy atom. The number of imidazole rings is 1. The lowest BCUT2D eigenvalue weighted by atomic mass is 10.3. The number of nitrogens with zero attached hydrogens (tertiary/aromatic N) is 5. The first-order chi connectivity index (χ1) is 12.7. The Morgan fingerprint density at radius 1 is 0.962 bits per heavy atom. The lowest BCUT2D eigenvalue weighted by Crippen LogP contribution is -2.48. The van der Waals surface area contributed by atoms with E-state index in [-0.39, 0.29) is 11.8 Å². The highest BCUT2D eigenvalue weighted by atomic mass is 16.2. The van der Waals surface area contributed by atoms with Crippen molar-refractivity contribution in [3.63, 3.8) is 0 Å². The minimum Gasteiger partial charge on any atom is -0.337 e. The monoisotopic (exact) mass is 355 g/mol. The van der Waals surface area contributed by atoms with E-state index in [1.54, 1.807) is 4.40 Å². The van der Waals surface area contributed by atoms with Gasteiger partial charge in [-0.3, -0.25) is 14.0 Å². The van der Waals surface area contributed by atoms with Crippen LogP contribution in [0, 0.1) is 0 Å². The van der Waals surface area contributed by atoms with E-state index in [4.69, 9.17) is 0 Å². The van der Waals surface area contributed by atoms with Crippen LogP contribution in [-0.2, 0) is 0 Å². The van der Waals surface area contributed by atoms with Gasteiger partial charge in [-0.25, -0.2) is 4.98 Å². The molecule has 2 fully saturated rings. The molecule has 0 bridgehead atoms. The molecule has 2 aromatic rings. The highest BCUT2D eigenvalue weighted by Crippen LogP contribution is 2.19. The van der Waals surface area contributed by atoms with Gasteiger partial charge in [-0.15, -0.1) is 0 Å². The van der Waals surface area contributed by atoms with Gasteiger partial charge in [0.15, 0.2) is 5.69 Å². The van der Waals surface area contributed by atoms with E-state index in [1.165, 1.54) is 0 Å². The van der Waals surface area contributed by atoms with E-state index >= 15 is 0 Å². The highest BCUT2D eigenvalue weighted by molar-refractivity contribution is 6.02. The molecule has 2 saturated heterocycles. The fourth-order valence-corrected chi connectivity index (χ4v) is 3.82. The molecule has 2 aliphatic heterocycles. The number of fused-ring (bicyclic) bond motifs is 1. The Balaban J connectivity index is 1.65. The zero-order valence-corrected chi connectivity index (χ0v) is 15.2. The summed E-state index contributed by atoms with van der Waals surface area (Å²) in [4.78, 5) is 36.5. The first-order valence-electron chi connectivity index (χ1n) is 9.47. The molecular weight excluding hydrogens is 330 g/mol. The smallest absolute Gasteiger partial charge is 0.290 e. The lowest BCUT2D eigenvalue weighted by molar-refractivity contribution is 0.0630. The van der Waals surface area contributed by atoms with Crippen molar-refractivity contribution in [1.82, 2.24) is 24.1 Å². The van der Waals surface area contributed by atoms with E-state index in [9.17, 15) is 9.59 Å². The Kier molecular flexibility index (Phi) is 4.63. The van der Waals surface area contributed by atoms with Crippen molar-refractivity contribution in [3.8, 4) is 0 Å². The van der Waals surface area contributed by atoms with Gasteiger partial charge < -0.3 is 14.7 Å². The van der Waals surface area contributed by atoms with Gasteiger partial charge in [0.05, 0.1) is 5.52 Å². The number of likely N-dealkylation sites (tertiary alicyclic amines) is 1. The van der Waals surface area contributed by atoms with E-state index in [0.29, 0.717) is 30.1 Å². The molecule has 0 saturated carbocycles. The second-order valence-electron chi connectivity index (χ2n) is 6.97. The fourth-order valence-electron chi connectivity index (χ4n) is 3.82. The molecule has 0 aliphatic carbocycles. The van der Waals surface area contributed by atoms with Gasteiger partial charge >= 0.3 is 0 Å². The van der Waals surface area contributed by atoms with Crippen molar-refractivity contribution in [3.05, 3.63) is 35.9 Å². The normalized spacial score (nSPS) is 18.7. The van der Waals surface area contributed by atoms with Gasteiger partial charge in [-0.2, -0.15) is 0 Å². The first-order valence-corrected chi connectivity index (χ1v) is 9.47. The second-order valence-corrected chi connectivity index (χ2v) is 6.97. The van der Waals surface area contributed by atoms with Crippen molar-refractivity contribution < 1.29 is 9.59 Å². The molecular formula is C19H25N5O2. The van der Waals surface area contributed by atoms with Crippen LogP contribution < -0.4 is 0 Å². The van der Waals surface area contributed by atoms with Gasteiger partial charge in [0.2, 0.25) is 5.82 Å². The largest absolute Gasteiger partial charge is 0.337 e. The van der Waals surface area contributed by atoms with Crippen LogP contribution in [0.25, 0.3) is 5.52 Å². The van der Waals surface area contributed by atoms with Gasteiger partial charge in [-0.05, 0) is 31.5 Å². The maximum Gasteiger partial charge on any atom is 0.290 e. The minimum atomic E-state index is -0.0950. The minimum absolute atomic E-state index is 0.0685. The van der Waals surface area contributed by atoms with Crippen molar-refractivity contribution >= 4 is 17.3 Å². The number of hydrogen-bond acceptors (Lipinski definition) is 4. The Morgan fingerprint density at radius 2 is 1.65 bits per heavy atom. The van der Waals surface area contributed by atoms with Crippen molar-refractivity contribution in [2.24, 2.45) is 0 Å². The molecule has 2 aromatic heterocycles. The average Bonchev–Trinajstić information content (AvgIpc) is 3.35. The van der Waals surface area contributed by atoms with E-state index in [0.717, 1.165) is 45.6 Å². The summed E-state index contributed by atoms with van der Waals surface area (Å²) in [7, 11) is 0. The van der Waals surface area contributed by atoms with Gasteiger partial charge in [-0.1, -0.05) is 13.0 Å². The Labute approximate surface area is 153 Å². The molecule has 2 amide bonds. The number of hydrogen-bond donors (Lipinski definition) is 0. The van der Waals surface area contributed by atoms with Crippen LogP contribution in [0.3, 0.4) is 0 Å². The molecule has 0 atom stereocenters. The number of carbonyl (C=O) groups is 2. The Bertz CT molecular complexity index is 816. The summed E-state index contributed by atoms with van der Waals surface area (Å²) in [5.41, 5.74) is 1.10. The summed E-state index contributed by atoms with van der Waals surface area (Å²) >= 11 is 0. The topological polar surface area (TPSA) is 61.2 Å². The summed E-state index contributed by atoms with van der Waals surface area (Å²) < 4.78 is 1.76. The van der Waals surface area contributed by atoms with Crippen LogP contribution in [0.1, 0.15) is 40.9 Å². The van der Waals surface area contributed by atoms with Gasteiger partial charge in [0.1, 0.15) is 0 Å². The van der Waals surface area contributed by atoms with E-state index in [2.05, 4.69) is 16.8 Å². The third-order valence-corrected chi connectivity index (χ3v) is 5.44. The van der Waals surface area contributed by atoms with E-state index < -0.39 is 0 Å². The van der Waals surface area contributed by atoms with Crippen LogP contribution in [0.2, 0.25) is 0 Å². The van der Waals surface area contributed by atoms with E-state index in [1.807, 2.05) is 34.2 Å². The lowest BCUT2D eigenvalue weighted by Gasteiger charge is -2.33. The zero-order chi connectivity index (χ0) is 18.1. The first kappa shape index (κ1) is 17.0. The van der Waals surface area contributed by atoms with Crippen molar-refractivity contribution in [2.75, 3.05) is 45.8 Å². The SMILES string of the molecule is CCN1CCN(C(=O)c2nc(C(=O)N3CCCC3)c3ccccn23)CC1. The average molecular weight is 355 g/mol. The number of pyridine rings is 1. The van der Waals surface area contributed by atoms with Crippen LogP contribution >= 0.6 is 0 Å². The molecule has 0 N–H and O–H groups in total. The summed E-state index contributed by atoms with van der Waals surface area (Å²) in [6.07, 6.45) is 3.88. The van der Waals surface area contributed by atoms with Crippen molar-refractivity contribution in [2.45, 2.75) is 19.8 Å². The number of amides is 2. The molecule has 0 unspecified atom stereocenters. The van der Waals surface area contributed by atoms with Gasteiger partial charge in [0, 0.05) is 45.5 Å². The number of likely N-dealkylation sites (N-methyl/N-ethyl adjacent to an activating group) is 1. The highest BCUT2D eigenvalue weighted by Gasteiger charge is 2.29. The third kappa shape index (κ3) is 2.96. The molecule has 7 nitrogen and oxygen atoms in total. The quantitative estimate of drug-likeness (QED) is 0.834. The maximum absolute atomic E-state index is 13.1.